The van der Waals surface area contributed by atoms with Gasteiger partial charge in [0.15, 0.2) is 3.92 Å². The van der Waals surface area contributed by atoms with Crippen LogP contribution in [0.3, 0.4) is 0 Å². The molecule has 78 valence electrons. The Labute approximate surface area is 99.5 Å². The first-order valence-electron chi connectivity index (χ1n) is 4.26. The highest BCUT2D eigenvalue weighted by Gasteiger charge is 2.00. The lowest BCUT2D eigenvalue weighted by atomic mass is 10.3. The third kappa shape index (κ3) is 2.94. The van der Waals surface area contributed by atoms with E-state index in [2.05, 4.69) is 20.9 Å². The van der Waals surface area contributed by atoms with Gasteiger partial charge in [0.1, 0.15) is 18.1 Å². The summed E-state index contributed by atoms with van der Waals surface area (Å²) in [5, 5.41) is 11.0. The van der Waals surface area contributed by atoms with Crippen LogP contribution in [0.2, 0.25) is 0 Å². The van der Waals surface area contributed by atoms with Gasteiger partial charge in [-0.05, 0) is 40.2 Å². The van der Waals surface area contributed by atoms with Crippen LogP contribution >= 0.6 is 27.3 Å². The predicted octanol–water partition coefficient (Wildman–Crippen LogP) is 3.19. The molecule has 0 aliphatic carbocycles. The minimum atomic E-state index is 0.235. The van der Waals surface area contributed by atoms with Gasteiger partial charge in [-0.25, -0.2) is 4.98 Å². The average molecular weight is 286 g/mol. The van der Waals surface area contributed by atoms with E-state index in [9.17, 15) is 0 Å². The molecular weight excluding hydrogens is 278 g/mol. The fourth-order valence-corrected chi connectivity index (χ4v) is 2.08. The van der Waals surface area contributed by atoms with E-state index in [4.69, 9.17) is 9.84 Å². The summed E-state index contributed by atoms with van der Waals surface area (Å²) < 4.78 is 6.33. The molecule has 0 aliphatic rings. The normalized spacial score (nSPS) is 10.2. The maximum atomic E-state index is 9.07. The molecule has 1 aromatic heterocycles. The zero-order valence-corrected chi connectivity index (χ0v) is 10.1. The molecule has 2 rings (SSSR count). The van der Waals surface area contributed by atoms with Crippen molar-refractivity contribution in [2.24, 2.45) is 0 Å². The highest BCUT2D eigenvalue weighted by molar-refractivity contribution is 9.11. The van der Waals surface area contributed by atoms with Crippen LogP contribution in [-0.4, -0.2) is 10.1 Å². The highest BCUT2D eigenvalue weighted by atomic mass is 79.9. The minimum absolute atomic E-state index is 0.235. The van der Waals surface area contributed by atoms with E-state index >= 15 is 0 Å². The molecule has 15 heavy (non-hydrogen) atoms. The maximum absolute atomic E-state index is 9.07. The number of hydrogen-bond acceptors (Lipinski definition) is 4. The quantitative estimate of drug-likeness (QED) is 0.942. The van der Waals surface area contributed by atoms with Gasteiger partial charge < -0.3 is 9.84 Å². The van der Waals surface area contributed by atoms with E-state index in [0.29, 0.717) is 6.61 Å². The van der Waals surface area contributed by atoms with E-state index in [-0.39, 0.29) is 5.75 Å². The Kier molecular flexibility index (Phi) is 3.23. The van der Waals surface area contributed by atoms with Crippen molar-refractivity contribution in [2.75, 3.05) is 0 Å². The van der Waals surface area contributed by atoms with Crippen LogP contribution in [0.1, 0.15) is 5.69 Å². The number of thiazole rings is 1. The zero-order valence-electron chi connectivity index (χ0n) is 7.68. The molecular formula is C10H8BrNO2S. The molecule has 0 unspecified atom stereocenters. The van der Waals surface area contributed by atoms with Crippen LogP contribution in [-0.2, 0) is 6.61 Å². The van der Waals surface area contributed by atoms with Crippen LogP contribution < -0.4 is 4.74 Å². The van der Waals surface area contributed by atoms with E-state index in [1.165, 1.54) is 11.3 Å². The van der Waals surface area contributed by atoms with Gasteiger partial charge in [0, 0.05) is 5.38 Å². The Morgan fingerprint density at radius 2 is 2.07 bits per heavy atom. The third-order valence-corrected chi connectivity index (χ3v) is 3.16. The molecule has 1 N–H and O–H groups in total. The molecule has 0 radical (unpaired) electrons. The Balaban J connectivity index is 1.96. The number of aromatic hydroxyl groups is 1. The van der Waals surface area contributed by atoms with Crippen LogP contribution in [0.4, 0.5) is 0 Å². The fourth-order valence-electron chi connectivity index (χ4n) is 1.05. The summed E-state index contributed by atoms with van der Waals surface area (Å²) in [5.74, 6) is 0.954. The van der Waals surface area contributed by atoms with Crippen molar-refractivity contribution in [2.45, 2.75) is 6.61 Å². The van der Waals surface area contributed by atoms with Crippen molar-refractivity contribution in [3.8, 4) is 11.5 Å². The first-order valence-corrected chi connectivity index (χ1v) is 5.93. The van der Waals surface area contributed by atoms with Gasteiger partial charge in [-0.3, -0.25) is 0 Å². The lowest BCUT2D eigenvalue weighted by Gasteiger charge is -2.03. The summed E-state index contributed by atoms with van der Waals surface area (Å²) >= 11 is 4.81. The summed E-state index contributed by atoms with van der Waals surface area (Å²) in [7, 11) is 0. The Morgan fingerprint density at radius 3 is 2.67 bits per heavy atom. The number of halogens is 1. The van der Waals surface area contributed by atoms with E-state index < -0.39 is 0 Å². The molecule has 0 atom stereocenters. The second-order valence-electron chi connectivity index (χ2n) is 2.87. The van der Waals surface area contributed by atoms with Crippen molar-refractivity contribution >= 4 is 27.3 Å². The van der Waals surface area contributed by atoms with Gasteiger partial charge in [0.25, 0.3) is 0 Å². The molecule has 1 aromatic carbocycles. The topological polar surface area (TPSA) is 42.4 Å². The number of ether oxygens (including phenoxy) is 1. The number of benzene rings is 1. The average Bonchev–Trinajstić information content (AvgIpc) is 2.64. The van der Waals surface area contributed by atoms with Crippen LogP contribution in [0, 0.1) is 0 Å². The first kappa shape index (κ1) is 10.4. The minimum Gasteiger partial charge on any atom is -0.508 e. The van der Waals surface area contributed by atoms with Crippen molar-refractivity contribution in [1.82, 2.24) is 4.98 Å². The molecule has 2 aromatic rings. The summed E-state index contributed by atoms with van der Waals surface area (Å²) in [6.07, 6.45) is 0. The Hall–Kier alpha value is -1.07. The number of phenols is 1. The number of hydrogen-bond donors (Lipinski definition) is 1. The second kappa shape index (κ2) is 4.63. The van der Waals surface area contributed by atoms with Gasteiger partial charge in [0.05, 0.1) is 5.69 Å². The molecule has 0 saturated carbocycles. The molecule has 0 fully saturated rings. The van der Waals surface area contributed by atoms with Crippen LogP contribution in [0.5, 0.6) is 11.5 Å². The van der Waals surface area contributed by atoms with E-state index in [1.54, 1.807) is 24.3 Å². The molecule has 0 saturated heterocycles. The summed E-state index contributed by atoms with van der Waals surface area (Å²) in [4.78, 5) is 4.20. The van der Waals surface area contributed by atoms with E-state index in [0.717, 1.165) is 15.4 Å². The number of phenolic OH excluding ortho intramolecular Hbond substituents is 1. The molecule has 5 heteroatoms. The molecule has 0 bridgehead atoms. The first-order chi connectivity index (χ1) is 7.24. The van der Waals surface area contributed by atoms with E-state index in [1.807, 2.05) is 5.38 Å². The molecule has 0 amide bonds. The van der Waals surface area contributed by atoms with Gasteiger partial charge in [0.2, 0.25) is 0 Å². The highest BCUT2D eigenvalue weighted by Crippen LogP contribution is 2.19. The SMILES string of the molecule is Oc1ccc(OCc2csc(Br)n2)cc1. The lowest BCUT2D eigenvalue weighted by Crippen LogP contribution is -1.94. The smallest absolute Gasteiger partial charge is 0.159 e. The fraction of sp³-hybridized carbons (Fsp3) is 0.100. The lowest BCUT2D eigenvalue weighted by molar-refractivity contribution is 0.301. The number of rotatable bonds is 3. The van der Waals surface area contributed by atoms with Crippen molar-refractivity contribution in [3.63, 3.8) is 0 Å². The monoisotopic (exact) mass is 285 g/mol. The Morgan fingerprint density at radius 1 is 1.33 bits per heavy atom. The summed E-state index contributed by atoms with van der Waals surface area (Å²) in [6, 6.07) is 6.62. The van der Waals surface area contributed by atoms with Crippen LogP contribution in [0.15, 0.2) is 33.6 Å². The third-order valence-electron chi connectivity index (χ3n) is 1.75. The van der Waals surface area contributed by atoms with Gasteiger partial charge >= 0.3 is 0 Å². The molecule has 1 heterocycles. The Bertz CT molecular complexity index is 441. The molecule has 3 nitrogen and oxygen atoms in total. The second-order valence-corrected chi connectivity index (χ2v) is 5.01. The number of nitrogens with zero attached hydrogens (tertiary/aromatic N) is 1. The zero-order chi connectivity index (χ0) is 10.7. The van der Waals surface area contributed by atoms with Crippen molar-refractivity contribution in [3.05, 3.63) is 39.3 Å². The largest absolute Gasteiger partial charge is 0.508 e. The van der Waals surface area contributed by atoms with Gasteiger partial charge in [-0.1, -0.05) is 0 Å². The number of aromatic nitrogens is 1. The van der Waals surface area contributed by atoms with Gasteiger partial charge in [-0.2, -0.15) is 0 Å². The van der Waals surface area contributed by atoms with Crippen molar-refractivity contribution < 1.29 is 9.84 Å². The van der Waals surface area contributed by atoms with Gasteiger partial charge in [-0.15, -0.1) is 11.3 Å². The standard InChI is InChI=1S/C10H8BrNO2S/c11-10-12-7(6-15-10)5-14-9-3-1-8(13)2-4-9/h1-4,6,13H,5H2. The maximum Gasteiger partial charge on any atom is 0.159 e. The molecule has 0 spiro atoms. The summed E-state index contributed by atoms with van der Waals surface area (Å²) in [5.41, 5.74) is 0.889. The predicted molar refractivity (Wildman–Crippen MR) is 62.3 cm³/mol. The summed E-state index contributed by atoms with van der Waals surface area (Å²) in [6.45, 7) is 0.437. The van der Waals surface area contributed by atoms with Crippen molar-refractivity contribution in [1.29, 1.82) is 0 Å². The van der Waals surface area contributed by atoms with Crippen LogP contribution in [0.25, 0.3) is 0 Å². The molecule has 0 aliphatic heterocycles.